The Morgan fingerprint density at radius 3 is 2.52 bits per heavy atom. The van der Waals surface area contributed by atoms with Crippen LogP contribution in [0.2, 0.25) is 0 Å². The second-order valence-corrected chi connectivity index (χ2v) is 9.37. The van der Waals surface area contributed by atoms with Crippen molar-refractivity contribution in [2.45, 2.75) is 25.9 Å². The van der Waals surface area contributed by atoms with Crippen LogP contribution in [0.4, 0.5) is 5.69 Å². The van der Waals surface area contributed by atoms with Crippen LogP contribution in [0, 0.1) is 0 Å². The van der Waals surface area contributed by atoms with Crippen LogP contribution in [0.25, 0.3) is 0 Å². The fourth-order valence-electron chi connectivity index (χ4n) is 2.74. The summed E-state index contributed by atoms with van der Waals surface area (Å²) >= 11 is 1.58. The van der Waals surface area contributed by atoms with E-state index in [4.69, 9.17) is 4.74 Å². The van der Waals surface area contributed by atoms with Gasteiger partial charge in [0.05, 0.1) is 19.0 Å². The molecule has 0 bridgehead atoms. The first-order valence-corrected chi connectivity index (χ1v) is 12.2. The minimum absolute atomic E-state index is 0.0426. The summed E-state index contributed by atoms with van der Waals surface area (Å²) in [6.07, 6.45) is 2.39. The van der Waals surface area contributed by atoms with Gasteiger partial charge >= 0.3 is 0 Å². The number of benzene rings is 1. The largest absolute Gasteiger partial charge is 0.378 e. The summed E-state index contributed by atoms with van der Waals surface area (Å²) in [6.45, 7) is 5.16. The van der Waals surface area contributed by atoms with Gasteiger partial charge in [-0.05, 0) is 43.0 Å². The Hall–Kier alpha value is -1.29. The number of amides is 1. The number of hydrogen-bond acceptors (Lipinski definition) is 6. The van der Waals surface area contributed by atoms with Crippen LogP contribution in [0.5, 0.6) is 0 Å². The van der Waals surface area contributed by atoms with Crippen molar-refractivity contribution in [3.8, 4) is 0 Å². The zero-order valence-corrected chi connectivity index (χ0v) is 17.6. The van der Waals surface area contributed by atoms with Crippen LogP contribution in [-0.2, 0) is 26.1 Å². The maximum atomic E-state index is 12.5. The summed E-state index contributed by atoms with van der Waals surface area (Å²) in [4.78, 5) is 14.7. The van der Waals surface area contributed by atoms with Crippen molar-refractivity contribution in [1.82, 2.24) is 10.0 Å². The molecule has 0 aromatic heterocycles. The van der Waals surface area contributed by atoms with Crippen LogP contribution in [-0.4, -0.2) is 64.4 Å². The standard InChI is InChI=1S/C18H29N3O4S2/c1-3-27(23,24)20-17(8-13-26-2)18(22)19-14-15-4-6-16(7-5-15)21-9-11-25-12-10-21/h4-7,17,20H,3,8-14H2,1-2H3,(H,19,22). The maximum absolute atomic E-state index is 12.5. The lowest BCUT2D eigenvalue weighted by Gasteiger charge is -2.29. The molecule has 1 amide bonds. The molecule has 1 saturated heterocycles. The number of carbonyl (C=O) groups excluding carboxylic acids is 1. The highest BCUT2D eigenvalue weighted by molar-refractivity contribution is 7.98. The molecule has 0 spiro atoms. The molecule has 7 nitrogen and oxygen atoms in total. The Bertz CT molecular complexity index is 689. The van der Waals surface area contributed by atoms with E-state index >= 15 is 0 Å². The van der Waals surface area contributed by atoms with Crippen molar-refractivity contribution in [3.63, 3.8) is 0 Å². The summed E-state index contributed by atoms with van der Waals surface area (Å²) in [7, 11) is -3.43. The highest BCUT2D eigenvalue weighted by atomic mass is 32.2. The Morgan fingerprint density at radius 2 is 1.93 bits per heavy atom. The van der Waals surface area contributed by atoms with Gasteiger partial charge < -0.3 is 15.0 Å². The third-order valence-corrected chi connectivity index (χ3v) is 6.46. The molecule has 0 radical (unpaired) electrons. The number of sulfonamides is 1. The van der Waals surface area contributed by atoms with E-state index in [1.54, 1.807) is 18.7 Å². The van der Waals surface area contributed by atoms with Gasteiger partial charge in [-0.1, -0.05) is 12.1 Å². The number of nitrogens with one attached hydrogen (secondary N) is 2. The lowest BCUT2D eigenvalue weighted by atomic mass is 10.1. The first-order chi connectivity index (χ1) is 12.9. The van der Waals surface area contributed by atoms with Gasteiger partial charge in [0, 0.05) is 25.3 Å². The van der Waals surface area contributed by atoms with Crippen molar-refractivity contribution in [2.75, 3.05) is 49.0 Å². The third kappa shape index (κ3) is 7.33. The molecule has 27 heavy (non-hydrogen) atoms. The van der Waals surface area contributed by atoms with E-state index in [-0.39, 0.29) is 11.7 Å². The number of ether oxygens (including phenoxy) is 1. The number of morpholine rings is 1. The van der Waals surface area contributed by atoms with Gasteiger partial charge in [0.1, 0.15) is 6.04 Å². The van der Waals surface area contributed by atoms with Crippen LogP contribution >= 0.6 is 11.8 Å². The zero-order chi connectivity index (χ0) is 19.7. The topological polar surface area (TPSA) is 87.7 Å². The molecule has 9 heteroatoms. The number of rotatable bonds is 10. The van der Waals surface area contributed by atoms with E-state index in [1.807, 2.05) is 30.5 Å². The number of hydrogen-bond donors (Lipinski definition) is 2. The summed E-state index contributed by atoms with van der Waals surface area (Å²) < 4.78 is 31.5. The lowest BCUT2D eigenvalue weighted by molar-refractivity contribution is -0.122. The van der Waals surface area contributed by atoms with Crippen LogP contribution in [0.1, 0.15) is 18.9 Å². The van der Waals surface area contributed by atoms with E-state index in [0.717, 1.165) is 37.6 Å². The molecular formula is C18H29N3O4S2. The molecule has 1 fully saturated rings. The number of nitrogens with zero attached hydrogens (tertiary/aromatic N) is 1. The summed E-state index contributed by atoms with van der Waals surface area (Å²) in [5.41, 5.74) is 2.12. The maximum Gasteiger partial charge on any atom is 0.238 e. The second kappa shape index (κ2) is 10.9. The SMILES string of the molecule is CCS(=O)(=O)NC(CCSC)C(=O)NCc1ccc(N2CCOCC2)cc1. The minimum Gasteiger partial charge on any atom is -0.378 e. The molecule has 1 aliphatic heterocycles. The van der Waals surface area contributed by atoms with E-state index in [2.05, 4.69) is 14.9 Å². The molecular weight excluding hydrogens is 386 g/mol. The zero-order valence-electron chi connectivity index (χ0n) is 15.9. The smallest absolute Gasteiger partial charge is 0.238 e. The van der Waals surface area contributed by atoms with Gasteiger partial charge in [0.25, 0.3) is 0 Å². The van der Waals surface area contributed by atoms with Crippen molar-refractivity contribution in [2.24, 2.45) is 0 Å². The molecule has 1 aromatic rings. The molecule has 1 aliphatic rings. The van der Waals surface area contributed by atoms with Crippen molar-refractivity contribution >= 4 is 33.4 Å². The number of carbonyl (C=O) groups is 1. The number of thioether (sulfide) groups is 1. The molecule has 1 unspecified atom stereocenters. The predicted molar refractivity (Wildman–Crippen MR) is 111 cm³/mol. The van der Waals surface area contributed by atoms with Crippen LogP contribution < -0.4 is 14.9 Å². The average Bonchev–Trinajstić information content (AvgIpc) is 2.70. The Morgan fingerprint density at radius 1 is 1.26 bits per heavy atom. The van der Waals surface area contributed by atoms with Crippen molar-refractivity contribution < 1.29 is 17.9 Å². The van der Waals surface area contributed by atoms with Crippen LogP contribution in [0.3, 0.4) is 0 Å². The van der Waals surface area contributed by atoms with E-state index in [1.165, 1.54) is 0 Å². The Labute approximate surface area is 166 Å². The molecule has 0 aliphatic carbocycles. The Kier molecular flexibility index (Phi) is 8.88. The predicted octanol–water partition coefficient (Wildman–Crippen LogP) is 1.20. The second-order valence-electron chi connectivity index (χ2n) is 6.34. The van der Waals surface area contributed by atoms with E-state index in [9.17, 15) is 13.2 Å². The summed E-state index contributed by atoms with van der Waals surface area (Å²) in [5, 5.41) is 2.84. The number of anilines is 1. The molecule has 1 aromatic carbocycles. The van der Waals surface area contributed by atoms with Gasteiger partial charge in [-0.15, -0.1) is 0 Å². The normalized spacial score (nSPS) is 16.1. The molecule has 2 rings (SSSR count). The van der Waals surface area contributed by atoms with Gasteiger partial charge in [-0.3, -0.25) is 4.79 Å². The average molecular weight is 416 g/mol. The van der Waals surface area contributed by atoms with Crippen LogP contribution in [0.15, 0.2) is 24.3 Å². The fraction of sp³-hybridized carbons (Fsp3) is 0.611. The van der Waals surface area contributed by atoms with Gasteiger partial charge in [0.15, 0.2) is 0 Å². The first kappa shape index (κ1) is 22.0. The molecule has 0 saturated carbocycles. The highest BCUT2D eigenvalue weighted by Crippen LogP contribution is 2.16. The van der Waals surface area contributed by atoms with E-state index in [0.29, 0.717) is 18.7 Å². The fourth-order valence-corrected chi connectivity index (χ4v) is 4.03. The Balaban J connectivity index is 1.91. The molecule has 1 heterocycles. The first-order valence-electron chi connectivity index (χ1n) is 9.13. The minimum atomic E-state index is -3.43. The molecule has 1 atom stereocenters. The van der Waals surface area contributed by atoms with E-state index < -0.39 is 16.1 Å². The van der Waals surface area contributed by atoms with Crippen molar-refractivity contribution in [1.29, 1.82) is 0 Å². The van der Waals surface area contributed by atoms with Gasteiger partial charge in [-0.2, -0.15) is 11.8 Å². The third-order valence-electron chi connectivity index (χ3n) is 4.41. The van der Waals surface area contributed by atoms with Crippen molar-refractivity contribution in [3.05, 3.63) is 29.8 Å². The summed E-state index contributed by atoms with van der Waals surface area (Å²) in [6, 6.07) is 7.31. The molecule has 2 N–H and O–H groups in total. The highest BCUT2D eigenvalue weighted by Gasteiger charge is 2.22. The lowest BCUT2D eigenvalue weighted by Crippen LogP contribution is -2.47. The monoisotopic (exact) mass is 415 g/mol. The van der Waals surface area contributed by atoms with Gasteiger partial charge in [0.2, 0.25) is 15.9 Å². The quantitative estimate of drug-likeness (QED) is 0.597. The summed E-state index contributed by atoms with van der Waals surface area (Å²) in [5.74, 6) is 0.371. The van der Waals surface area contributed by atoms with Gasteiger partial charge in [-0.25, -0.2) is 13.1 Å². The molecule has 152 valence electrons.